The molecule has 9 heteroatoms. The largest absolute Gasteiger partial charge is 0.465 e. The maximum absolute atomic E-state index is 13.2. The molecule has 0 saturated carbocycles. The van der Waals surface area contributed by atoms with Gasteiger partial charge >= 0.3 is 24.0 Å². The Labute approximate surface area is 111 Å². The van der Waals surface area contributed by atoms with E-state index >= 15 is 0 Å². The van der Waals surface area contributed by atoms with Gasteiger partial charge in [-0.3, -0.25) is 4.79 Å². The predicted molar refractivity (Wildman–Crippen MR) is 55.6 cm³/mol. The van der Waals surface area contributed by atoms with Crippen LogP contribution < -0.4 is 0 Å². The summed E-state index contributed by atoms with van der Waals surface area (Å²) in [5.74, 6) is -0.980. The van der Waals surface area contributed by atoms with Crippen molar-refractivity contribution in [1.82, 2.24) is 0 Å². The third-order valence-corrected chi connectivity index (χ3v) is 3.01. The highest BCUT2D eigenvalue weighted by Crippen LogP contribution is 2.48. The van der Waals surface area contributed by atoms with E-state index in [1.54, 1.807) is 6.92 Å². The lowest BCUT2D eigenvalue weighted by Crippen LogP contribution is -2.53. The van der Waals surface area contributed by atoms with Crippen LogP contribution in [-0.2, 0) is 9.53 Å². The molecule has 0 spiro atoms. The first kappa shape index (κ1) is 19.0. The number of carbonyl (C=O) groups excluding carboxylic acids is 1. The van der Waals surface area contributed by atoms with E-state index in [4.69, 9.17) is 0 Å². The van der Waals surface area contributed by atoms with Crippen LogP contribution in [0.5, 0.6) is 0 Å². The van der Waals surface area contributed by atoms with Crippen molar-refractivity contribution in [2.75, 3.05) is 6.61 Å². The molecule has 0 aliphatic carbocycles. The van der Waals surface area contributed by atoms with Crippen LogP contribution in [0.2, 0.25) is 0 Å². The Balaban J connectivity index is 4.81. The molecule has 2 nitrogen and oxygen atoms in total. The molecule has 0 aliphatic rings. The number of halogens is 7. The molecule has 0 atom stereocenters. The number of carbonyl (C=O) groups is 1. The van der Waals surface area contributed by atoms with Crippen LogP contribution in [0.15, 0.2) is 0 Å². The van der Waals surface area contributed by atoms with Crippen molar-refractivity contribution in [2.45, 2.75) is 51.6 Å². The van der Waals surface area contributed by atoms with Crippen molar-refractivity contribution < 1.29 is 40.3 Å². The lowest BCUT2D eigenvalue weighted by atomic mass is 9.90. The minimum atomic E-state index is -6.13. The lowest BCUT2D eigenvalue weighted by molar-refractivity contribution is -0.344. The van der Waals surface area contributed by atoms with Crippen LogP contribution in [0.1, 0.15) is 33.6 Å². The fourth-order valence-corrected chi connectivity index (χ4v) is 1.07. The second kappa shape index (κ2) is 5.77. The number of esters is 1. The molecule has 0 bridgehead atoms. The molecule has 0 unspecified atom stereocenters. The quantitative estimate of drug-likeness (QED) is 0.562. The predicted octanol–water partition coefficient (Wildman–Crippen LogP) is 4.19. The Kier molecular flexibility index (Phi) is 5.47. The van der Waals surface area contributed by atoms with Crippen molar-refractivity contribution in [3.8, 4) is 0 Å². The number of ether oxygens (including phenoxy) is 1. The van der Waals surface area contributed by atoms with Crippen LogP contribution in [0.25, 0.3) is 0 Å². The Morgan fingerprint density at radius 3 is 1.65 bits per heavy atom. The molecule has 0 heterocycles. The Morgan fingerprint density at radius 1 is 0.950 bits per heavy atom. The second-order valence-corrected chi connectivity index (χ2v) is 4.92. The van der Waals surface area contributed by atoms with Gasteiger partial charge in [0.1, 0.15) is 0 Å². The Bertz CT molecular complexity index is 330. The van der Waals surface area contributed by atoms with Crippen LogP contribution >= 0.6 is 0 Å². The third kappa shape index (κ3) is 3.99. The molecule has 0 saturated heterocycles. The molecular formula is C11H15F7O2. The van der Waals surface area contributed by atoms with Gasteiger partial charge in [0, 0.05) is 6.42 Å². The highest BCUT2D eigenvalue weighted by molar-refractivity contribution is 5.75. The fraction of sp³-hybridized carbons (Fsp3) is 0.909. The lowest BCUT2D eigenvalue weighted by Gasteiger charge is -2.30. The molecule has 0 rings (SSSR count). The van der Waals surface area contributed by atoms with Crippen molar-refractivity contribution in [3.63, 3.8) is 0 Å². The van der Waals surface area contributed by atoms with Gasteiger partial charge in [-0.2, -0.15) is 26.3 Å². The Morgan fingerprint density at radius 2 is 1.35 bits per heavy atom. The first-order chi connectivity index (χ1) is 8.69. The van der Waals surface area contributed by atoms with Gasteiger partial charge in [0.2, 0.25) is 0 Å². The molecule has 120 valence electrons. The normalized spacial score (nSPS) is 14.3. The summed E-state index contributed by atoms with van der Waals surface area (Å²) in [5, 5.41) is 0. The van der Waals surface area contributed by atoms with Crippen LogP contribution in [0, 0.1) is 5.41 Å². The van der Waals surface area contributed by atoms with E-state index in [2.05, 4.69) is 4.74 Å². The van der Waals surface area contributed by atoms with Crippen LogP contribution in [0.4, 0.5) is 30.7 Å². The summed E-state index contributed by atoms with van der Waals surface area (Å²) in [6.07, 6.45) is -14.0. The third-order valence-electron chi connectivity index (χ3n) is 3.01. The molecule has 0 aromatic rings. The van der Waals surface area contributed by atoms with E-state index in [0.717, 1.165) is 0 Å². The van der Waals surface area contributed by atoms with E-state index in [1.807, 2.05) is 0 Å². The SMILES string of the molecule is CCC(C)(C)C(=O)OCCC(F)(C(F)(F)F)C(F)(F)F. The summed E-state index contributed by atoms with van der Waals surface area (Å²) in [6.45, 7) is 3.10. The topological polar surface area (TPSA) is 26.3 Å². The summed E-state index contributed by atoms with van der Waals surface area (Å²) >= 11 is 0. The molecule has 0 aromatic carbocycles. The van der Waals surface area contributed by atoms with Crippen LogP contribution in [-0.4, -0.2) is 30.6 Å². The van der Waals surface area contributed by atoms with Gasteiger partial charge in [0.25, 0.3) is 0 Å². The van der Waals surface area contributed by atoms with Gasteiger partial charge in [0.05, 0.1) is 12.0 Å². The summed E-state index contributed by atoms with van der Waals surface area (Å²) in [7, 11) is 0. The van der Waals surface area contributed by atoms with Crippen molar-refractivity contribution in [1.29, 1.82) is 0 Å². The molecule has 0 aromatic heterocycles. The standard InChI is InChI=1S/C11H15F7O2/c1-4-8(2,3)7(19)20-6-5-9(12,10(13,14)15)11(16,17)18/h4-6H2,1-3H3. The molecule has 0 fully saturated rings. The molecular weight excluding hydrogens is 297 g/mol. The number of hydrogen-bond acceptors (Lipinski definition) is 2. The number of alkyl halides is 7. The van der Waals surface area contributed by atoms with Gasteiger partial charge < -0.3 is 4.74 Å². The molecule has 20 heavy (non-hydrogen) atoms. The fourth-order valence-electron chi connectivity index (χ4n) is 1.07. The van der Waals surface area contributed by atoms with E-state index in [9.17, 15) is 35.5 Å². The number of rotatable bonds is 5. The highest BCUT2D eigenvalue weighted by atomic mass is 19.4. The summed E-state index contributed by atoms with van der Waals surface area (Å²) < 4.78 is 90.6. The smallest absolute Gasteiger partial charge is 0.431 e. The van der Waals surface area contributed by atoms with Crippen molar-refractivity contribution >= 4 is 5.97 Å². The molecule has 0 amide bonds. The van der Waals surface area contributed by atoms with Gasteiger partial charge in [-0.25, -0.2) is 4.39 Å². The average molecular weight is 312 g/mol. The first-order valence-corrected chi connectivity index (χ1v) is 5.68. The zero-order valence-electron chi connectivity index (χ0n) is 11.1. The minimum Gasteiger partial charge on any atom is -0.465 e. The average Bonchev–Trinajstić information content (AvgIpc) is 2.25. The first-order valence-electron chi connectivity index (χ1n) is 5.68. The minimum absolute atomic E-state index is 0.269. The maximum Gasteiger partial charge on any atom is 0.431 e. The summed E-state index contributed by atoms with van der Waals surface area (Å²) in [4.78, 5) is 11.4. The molecule has 0 aliphatic heterocycles. The zero-order valence-corrected chi connectivity index (χ0v) is 11.1. The van der Waals surface area contributed by atoms with Gasteiger partial charge in [-0.05, 0) is 20.3 Å². The van der Waals surface area contributed by atoms with E-state index in [-0.39, 0.29) is 6.42 Å². The van der Waals surface area contributed by atoms with Gasteiger partial charge in [0.15, 0.2) is 0 Å². The van der Waals surface area contributed by atoms with Crippen molar-refractivity contribution in [2.24, 2.45) is 5.41 Å². The zero-order chi connectivity index (χ0) is 16.4. The number of hydrogen-bond donors (Lipinski definition) is 0. The summed E-state index contributed by atoms with van der Waals surface area (Å²) in [6, 6.07) is 0. The van der Waals surface area contributed by atoms with Gasteiger partial charge in [-0.15, -0.1) is 0 Å². The van der Waals surface area contributed by atoms with Crippen molar-refractivity contribution in [3.05, 3.63) is 0 Å². The Hall–Kier alpha value is -1.02. The molecule has 0 radical (unpaired) electrons. The van der Waals surface area contributed by atoms with Gasteiger partial charge in [-0.1, -0.05) is 6.92 Å². The van der Waals surface area contributed by atoms with E-state index < -0.39 is 42.4 Å². The summed E-state index contributed by atoms with van der Waals surface area (Å²) in [5.41, 5.74) is -6.45. The molecule has 0 N–H and O–H groups in total. The maximum atomic E-state index is 13.2. The monoisotopic (exact) mass is 312 g/mol. The second-order valence-electron chi connectivity index (χ2n) is 4.92. The van der Waals surface area contributed by atoms with E-state index in [1.165, 1.54) is 13.8 Å². The highest BCUT2D eigenvalue weighted by Gasteiger charge is 2.72. The van der Waals surface area contributed by atoms with Crippen LogP contribution in [0.3, 0.4) is 0 Å². The van der Waals surface area contributed by atoms with E-state index in [0.29, 0.717) is 0 Å².